The Bertz CT molecular complexity index is 799. The summed E-state index contributed by atoms with van der Waals surface area (Å²) in [6, 6.07) is 6.28. The number of nitrogens with two attached hydrogens (primary N) is 1. The maximum absolute atomic E-state index is 10.8. The smallest absolute Gasteiger partial charge is 0.335 e. The number of hydrogen-bond donors (Lipinski definition) is 3. The maximum Gasteiger partial charge on any atom is 0.335 e. The molecule has 4 N–H and O–H groups in total. The van der Waals surface area contributed by atoms with Gasteiger partial charge in [0.1, 0.15) is 18.3 Å². The first-order valence-corrected chi connectivity index (χ1v) is 6.34. The Morgan fingerprint density at radius 2 is 2.00 bits per heavy atom. The van der Waals surface area contributed by atoms with Crippen LogP contribution >= 0.6 is 0 Å². The number of hydrogen-bond acceptors (Lipinski definition) is 6. The molecule has 22 heavy (non-hydrogen) atoms. The summed E-state index contributed by atoms with van der Waals surface area (Å²) < 4.78 is 1.68. The molecular formula is C14H12N6O2. The molecule has 0 atom stereocenters. The van der Waals surface area contributed by atoms with E-state index in [1.807, 2.05) is 0 Å². The Hall–Kier alpha value is -3.42. The van der Waals surface area contributed by atoms with E-state index in [1.165, 1.54) is 18.5 Å². The van der Waals surface area contributed by atoms with Gasteiger partial charge in [-0.25, -0.2) is 19.7 Å². The normalized spacial score (nSPS) is 10.4. The van der Waals surface area contributed by atoms with Gasteiger partial charge < -0.3 is 16.2 Å². The van der Waals surface area contributed by atoms with Crippen molar-refractivity contribution < 1.29 is 9.90 Å². The van der Waals surface area contributed by atoms with E-state index >= 15 is 0 Å². The Balaban J connectivity index is 1.89. The third kappa shape index (κ3) is 2.57. The summed E-state index contributed by atoms with van der Waals surface area (Å²) in [5.74, 6) is -0.0329. The summed E-state index contributed by atoms with van der Waals surface area (Å²) in [4.78, 5) is 23.0. The summed E-state index contributed by atoms with van der Waals surface area (Å²) in [6.07, 6.45) is 6.33. The van der Waals surface area contributed by atoms with Crippen molar-refractivity contribution in [3.63, 3.8) is 0 Å². The fraction of sp³-hybridized carbons (Fsp3) is 0. The van der Waals surface area contributed by atoms with Crippen LogP contribution in [0.2, 0.25) is 0 Å². The number of nitrogens with one attached hydrogen (secondary N) is 1. The van der Waals surface area contributed by atoms with Crippen LogP contribution in [0.15, 0.2) is 49.3 Å². The number of nitrogens with zero attached hydrogens (tertiary/aromatic N) is 4. The van der Waals surface area contributed by atoms with Crippen LogP contribution in [-0.2, 0) is 0 Å². The zero-order valence-corrected chi connectivity index (χ0v) is 11.3. The molecular weight excluding hydrogens is 284 g/mol. The molecule has 0 aliphatic carbocycles. The van der Waals surface area contributed by atoms with Crippen molar-refractivity contribution in [1.29, 1.82) is 0 Å². The minimum absolute atomic E-state index is 0.209. The summed E-state index contributed by atoms with van der Waals surface area (Å²) in [5, 5.41) is 11.9. The molecule has 0 bridgehead atoms. The number of aromatic carboxylic acids is 1. The molecule has 110 valence electrons. The van der Waals surface area contributed by atoms with E-state index in [9.17, 15) is 4.79 Å². The number of anilines is 3. The van der Waals surface area contributed by atoms with E-state index in [4.69, 9.17) is 10.8 Å². The Labute approximate surface area is 125 Å². The monoisotopic (exact) mass is 296 g/mol. The first kappa shape index (κ1) is 13.6. The molecule has 0 saturated heterocycles. The van der Waals surface area contributed by atoms with Gasteiger partial charge in [0.05, 0.1) is 5.56 Å². The molecule has 8 nitrogen and oxygen atoms in total. The molecule has 0 aliphatic rings. The molecule has 0 aliphatic heterocycles. The van der Waals surface area contributed by atoms with Gasteiger partial charge in [0.2, 0.25) is 0 Å². The van der Waals surface area contributed by atoms with Gasteiger partial charge in [-0.05, 0) is 24.3 Å². The topological polar surface area (TPSA) is 119 Å². The summed E-state index contributed by atoms with van der Waals surface area (Å²) in [6.45, 7) is 0. The highest BCUT2D eigenvalue weighted by atomic mass is 16.4. The molecule has 2 heterocycles. The number of carboxylic acid groups (broad SMARTS) is 1. The molecule has 3 aromatic rings. The third-order valence-corrected chi connectivity index (χ3v) is 3.01. The van der Waals surface area contributed by atoms with Crippen LogP contribution in [0.4, 0.5) is 17.2 Å². The number of benzene rings is 1. The van der Waals surface area contributed by atoms with Gasteiger partial charge in [-0.15, -0.1) is 0 Å². The van der Waals surface area contributed by atoms with E-state index in [1.54, 1.807) is 35.4 Å². The molecule has 0 unspecified atom stereocenters. The van der Waals surface area contributed by atoms with Gasteiger partial charge in [0.25, 0.3) is 0 Å². The lowest BCUT2D eigenvalue weighted by molar-refractivity contribution is 0.0697. The molecule has 2 aromatic heterocycles. The van der Waals surface area contributed by atoms with Gasteiger partial charge in [0, 0.05) is 18.1 Å². The molecule has 8 heteroatoms. The molecule has 0 spiro atoms. The van der Waals surface area contributed by atoms with Crippen LogP contribution in [0.5, 0.6) is 0 Å². The molecule has 3 rings (SSSR count). The number of aromatic nitrogens is 4. The standard InChI is InChI=1S/C14H12N6O2/c15-11-12(17-7-18-13(11)20-6-5-16-8-20)19-10-3-1-9(2-4-10)14(21)22/h1-8H,15H2,(H,21,22)(H,17,18,19). The van der Waals surface area contributed by atoms with Gasteiger partial charge in [-0.3, -0.25) is 4.57 Å². The summed E-state index contributed by atoms with van der Waals surface area (Å²) in [7, 11) is 0. The minimum Gasteiger partial charge on any atom is -0.478 e. The molecule has 0 saturated carbocycles. The van der Waals surface area contributed by atoms with Crippen LogP contribution < -0.4 is 11.1 Å². The number of carboxylic acids is 1. The number of carbonyl (C=O) groups is 1. The lowest BCUT2D eigenvalue weighted by Crippen LogP contribution is -2.06. The second-order valence-electron chi connectivity index (χ2n) is 4.44. The van der Waals surface area contributed by atoms with Crippen LogP contribution in [0.3, 0.4) is 0 Å². The fourth-order valence-electron chi connectivity index (χ4n) is 1.91. The fourth-order valence-corrected chi connectivity index (χ4v) is 1.91. The first-order valence-electron chi connectivity index (χ1n) is 6.34. The predicted octanol–water partition coefficient (Wildman–Crippen LogP) is 1.69. The highest BCUT2D eigenvalue weighted by molar-refractivity contribution is 5.88. The highest BCUT2D eigenvalue weighted by Gasteiger charge is 2.10. The molecule has 0 amide bonds. The van der Waals surface area contributed by atoms with Crippen molar-refractivity contribution in [2.75, 3.05) is 11.1 Å². The van der Waals surface area contributed by atoms with Gasteiger partial charge in [-0.2, -0.15) is 0 Å². The highest BCUT2D eigenvalue weighted by Crippen LogP contribution is 2.24. The molecule has 1 aromatic carbocycles. The van der Waals surface area contributed by atoms with Gasteiger partial charge >= 0.3 is 5.97 Å². The van der Waals surface area contributed by atoms with E-state index in [-0.39, 0.29) is 5.56 Å². The second kappa shape index (κ2) is 5.52. The van der Waals surface area contributed by atoms with Crippen LogP contribution in [0.1, 0.15) is 10.4 Å². The van der Waals surface area contributed by atoms with Crippen LogP contribution in [0.25, 0.3) is 5.82 Å². The third-order valence-electron chi connectivity index (χ3n) is 3.01. The first-order chi connectivity index (χ1) is 10.6. The maximum atomic E-state index is 10.8. The predicted molar refractivity (Wildman–Crippen MR) is 80.3 cm³/mol. The van der Waals surface area contributed by atoms with Crippen molar-refractivity contribution in [2.45, 2.75) is 0 Å². The van der Waals surface area contributed by atoms with E-state index in [0.717, 1.165) is 0 Å². The van der Waals surface area contributed by atoms with Crippen molar-refractivity contribution in [3.8, 4) is 5.82 Å². The average molecular weight is 296 g/mol. The Morgan fingerprint density at radius 1 is 1.23 bits per heavy atom. The number of nitrogen functional groups attached to an aromatic ring is 1. The zero-order valence-electron chi connectivity index (χ0n) is 11.3. The van der Waals surface area contributed by atoms with Crippen molar-refractivity contribution >= 4 is 23.2 Å². The second-order valence-corrected chi connectivity index (χ2v) is 4.44. The van der Waals surface area contributed by atoms with E-state index < -0.39 is 5.97 Å². The molecule has 0 radical (unpaired) electrons. The SMILES string of the molecule is Nc1c(Nc2ccc(C(=O)O)cc2)ncnc1-n1ccnc1. The number of rotatable bonds is 4. The average Bonchev–Trinajstić information content (AvgIpc) is 3.04. The van der Waals surface area contributed by atoms with E-state index in [0.29, 0.717) is 23.0 Å². The Kier molecular flexibility index (Phi) is 3.40. The summed E-state index contributed by atoms with van der Waals surface area (Å²) >= 11 is 0. The zero-order chi connectivity index (χ0) is 15.5. The van der Waals surface area contributed by atoms with Crippen LogP contribution in [0, 0.1) is 0 Å². The Morgan fingerprint density at radius 3 is 2.64 bits per heavy atom. The summed E-state index contributed by atoms with van der Waals surface area (Å²) in [5.41, 5.74) is 7.32. The van der Waals surface area contributed by atoms with Crippen molar-refractivity contribution in [3.05, 3.63) is 54.9 Å². The van der Waals surface area contributed by atoms with Gasteiger partial charge in [-0.1, -0.05) is 0 Å². The van der Waals surface area contributed by atoms with Crippen molar-refractivity contribution in [2.24, 2.45) is 0 Å². The quantitative estimate of drug-likeness (QED) is 0.670. The lowest BCUT2D eigenvalue weighted by Gasteiger charge is -2.11. The largest absolute Gasteiger partial charge is 0.478 e. The molecule has 0 fully saturated rings. The van der Waals surface area contributed by atoms with Crippen molar-refractivity contribution in [1.82, 2.24) is 19.5 Å². The van der Waals surface area contributed by atoms with E-state index in [2.05, 4.69) is 20.3 Å². The lowest BCUT2D eigenvalue weighted by atomic mass is 10.2. The number of imidazole rings is 1. The van der Waals surface area contributed by atoms with Gasteiger partial charge in [0.15, 0.2) is 11.6 Å². The minimum atomic E-state index is -0.976. The van der Waals surface area contributed by atoms with Crippen LogP contribution in [-0.4, -0.2) is 30.6 Å².